The summed E-state index contributed by atoms with van der Waals surface area (Å²) in [5.41, 5.74) is 0.942. The van der Waals surface area contributed by atoms with Crippen molar-refractivity contribution in [1.29, 1.82) is 0 Å². The van der Waals surface area contributed by atoms with Gasteiger partial charge in [0.1, 0.15) is 11.4 Å². The summed E-state index contributed by atoms with van der Waals surface area (Å²) in [6.45, 7) is 1.38. The van der Waals surface area contributed by atoms with Gasteiger partial charge in [-0.25, -0.2) is 4.90 Å². The minimum atomic E-state index is -0.648. The lowest BCUT2D eigenvalue weighted by Crippen LogP contribution is -2.40. The fraction of sp³-hybridized carbons (Fsp3) is 0.182. The number of hydrogen-bond acceptors (Lipinski definition) is 6. The van der Waals surface area contributed by atoms with Crippen molar-refractivity contribution in [2.24, 2.45) is 0 Å². The van der Waals surface area contributed by atoms with Gasteiger partial charge in [-0.1, -0.05) is 18.2 Å². The number of phenols is 1. The first-order chi connectivity index (χ1) is 14.5. The van der Waals surface area contributed by atoms with E-state index in [1.807, 2.05) is 4.90 Å². The van der Waals surface area contributed by atoms with Crippen molar-refractivity contribution < 1.29 is 19.6 Å². The van der Waals surface area contributed by atoms with Crippen molar-refractivity contribution in [3.05, 3.63) is 69.8 Å². The van der Waals surface area contributed by atoms with Gasteiger partial charge in [0.15, 0.2) is 0 Å². The number of nitro groups is 1. The molecule has 0 saturated carbocycles. The van der Waals surface area contributed by atoms with Crippen LogP contribution in [0.5, 0.6) is 5.75 Å². The molecule has 0 aliphatic carbocycles. The molecule has 0 aromatic heterocycles. The number of hydrogen-bond donors (Lipinski definition) is 1. The van der Waals surface area contributed by atoms with Gasteiger partial charge in [-0.3, -0.25) is 19.7 Å². The van der Waals surface area contributed by atoms with Crippen molar-refractivity contribution in [2.45, 2.75) is 12.8 Å². The number of aromatic hydroxyl groups is 1. The molecule has 0 atom stereocenters. The Balaban J connectivity index is 1.80. The van der Waals surface area contributed by atoms with Crippen LogP contribution in [0.15, 0.2) is 48.5 Å². The zero-order chi connectivity index (χ0) is 21.0. The molecule has 0 spiro atoms. The summed E-state index contributed by atoms with van der Waals surface area (Å²) in [4.78, 5) is 40.9. The van der Waals surface area contributed by atoms with Crippen molar-refractivity contribution in [3.63, 3.8) is 0 Å². The molecule has 3 aromatic rings. The van der Waals surface area contributed by atoms with Gasteiger partial charge < -0.3 is 10.0 Å². The second kappa shape index (κ2) is 6.55. The first kappa shape index (κ1) is 18.1. The molecule has 150 valence electrons. The third-order valence-corrected chi connectivity index (χ3v) is 5.69. The van der Waals surface area contributed by atoms with Gasteiger partial charge in [-0.2, -0.15) is 0 Å². The van der Waals surface area contributed by atoms with E-state index in [-0.39, 0.29) is 22.7 Å². The lowest BCUT2D eigenvalue weighted by atomic mass is 9.91. The molecule has 30 heavy (non-hydrogen) atoms. The summed E-state index contributed by atoms with van der Waals surface area (Å²) < 4.78 is 0. The van der Waals surface area contributed by atoms with Crippen LogP contribution >= 0.6 is 0 Å². The van der Waals surface area contributed by atoms with E-state index in [1.165, 1.54) is 30.3 Å². The number of nitro benzene ring substituents is 1. The van der Waals surface area contributed by atoms with Gasteiger partial charge in [0.2, 0.25) is 0 Å². The summed E-state index contributed by atoms with van der Waals surface area (Å²) in [6.07, 6.45) is 1.87. The van der Waals surface area contributed by atoms with E-state index in [4.69, 9.17) is 0 Å². The molecule has 2 heterocycles. The Bertz CT molecular complexity index is 1250. The van der Waals surface area contributed by atoms with E-state index in [0.29, 0.717) is 35.1 Å². The summed E-state index contributed by atoms with van der Waals surface area (Å²) in [5, 5.41) is 22.7. The third-order valence-electron chi connectivity index (χ3n) is 5.69. The summed E-state index contributed by atoms with van der Waals surface area (Å²) in [6, 6.07) is 12.1. The molecule has 0 bridgehead atoms. The zero-order valence-corrected chi connectivity index (χ0v) is 15.9. The van der Waals surface area contributed by atoms with Crippen molar-refractivity contribution in [3.8, 4) is 5.75 Å². The van der Waals surface area contributed by atoms with Crippen LogP contribution in [0.25, 0.3) is 10.8 Å². The van der Waals surface area contributed by atoms with Crippen LogP contribution in [0, 0.1) is 10.1 Å². The van der Waals surface area contributed by atoms with Gasteiger partial charge >= 0.3 is 0 Å². The Morgan fingerprint density at radius 3 is 2.33 bits per heavy atom. The fourth-order valence-electron chi connectivity index (χ4n) is 4.41. The van der Waals surface area contributed by atoms with E-state index >= 15 is 0 Å². The SMILES string of the molecule is O=C1c2cccc3c(N4CCCC4)c([N+](=O)[O-])cc(c23)C(=O)N1c1cccc(O)c1. The topological polar surface area (TPSA) is 104 Å². The highest BCUT2D eigenvalue weighted by molar-refractivity contribution is 6.37. The minimum Gasteiger partial charge on any atom is -0.508 e. The smallest absolute Gasteiger partial charge is 0.293 e. The van der Waals surface area contributed by atoms with Gasteiger partial charge in [0.05, 0.1) is 16.2 Å². The quantitative estimate of drug-likeness (QED) is 0.405. The van der Waals surface area contributed by atoms with Crippen molar-refractivity contribution in [2.75, 3.05) is 22.9 Å². The minimum absolute atomic E-state index is 0.0903. The summed E-state index contributed by atoms with van der Waals surface area (Å²) in [5.74, 6) is -1.26. The maximum absolute atomic E-state index is 13.3. The fourth-order valence-corrected chi connectivity index (χ4v) is 4.41. The number of anilines is 2. The number of phenolic OH excluding ortho intramolecular Hbond substituents is 1. The second-order valence-corrected chi connectivity index (χ2v) is 7.44. The molecule has 2 aliphatic rings. The largest absolute Gasteiger partial charge is 0.508 e. The van der Waals surface area contributed by atoms with Gasteiger partial charge in [0.25, 0.3) is 17.5 Å². The normalized spacial score (nSPS) is 15.9. The highest BCUT2D eigenvalue weighted by Crippen LogP contribution is 2.43. The van der Waals surface area contributed by atoms with Crippen molar-refractivity contribution in [1.82, 2.24) is 0 Å². The van der Waals surface area contributed by atoms with Gasteiger partial charge in [0, 0.05) is 41.6 Å². The Morgan fingerprint density at radius 2 is 1.63 bits per heavy atom. The van der Waals surface area contributed by atoms with E-state index < -0.39 is 16.7 Å². The van der Waals surface area contributed by atoms with Gasteiger partial charge in [-0.05, 0) is 31.0 Å². The van der Waals surface area contributed by atoms with E-state index in [9.17, 15) is 24.8 Å². The van der Waals surface area contributed by atoms with Crippen LogP contribution in [0.4, 0.5) is 17.1 Å². The van der Waals surface area contributed by atoms with Crippen LogP contribution in [0.2, 0.25) is 0 Å². The third kappa shape index (κ3) is 2.53. The lowest BCUT2D eigenvalue weighted by molar-refractivity contribution is -0.384. The van der Waals surface area contributed by atoms with Crippen LogP contribution in [-0.4, -0.2) is 34.9 Å². The van der Waals surface area contributed by atoms with E-state index in [0.717, 1.165) is 17.7 Å². The maximum atomic E-state index is 13.3. The first-order valence-corrected chi connectivity index (χ1v) is 9.64. The van der Waals surface area contributed by atoms with Crippen LogP contribution in [0.3, 0.4) is 0 Å². The second-order valence-electron chi connectivity index (χ2n) is 7.44. The number of rotatable bonds is 3. The summed E-state index contributed by atoms with van der Waals surface area (Å²) in [7, 11) is 0. The van der Waals surface area contributed by atoms with Crippen LogP contribution in [-0.2, 0) is 0 Å². The molecule has 3 aromatic carbocycles. The number of carbonyl (C=O) groups is 2. The predicted molar refractivity (Wildman–Crippen MR) is 111 cm³/mol. The first-order valence-electron chi connectivity index (χ1n) is 9.64. The molecule has 0 radical (unpaired) electrons. The molecule has 1 N–H and O–H groups in total. The molecular weight excluding hydrogens is 386 g/mol. The zero-order valence-electron chi connectivity index (χ0n) is 15.9. The maximum Gasteiger partial charge on any atom is 0.293 e. The molecule has 5 rings (SSSR count). The number of imide groups is 1. The molecule has 1 saturated heterocycles. The average Bonchev–Trinajstić information content (AvgIpc) is 3.25. The Morgan fingerprint density at radius 1 is 0.933 bits per heavy atom. The molecule has 0 unspecified atom stereocenters. The number of nitrogens with zero attached hydrogens (tertiary/aromatic N) is 3. The molecule has 2 amide bonds. The van der Waals surface area contributed by atoms with E-state index in [1.54, 1.807) is 18.2 Å². The molecule has 8 heteroatoms. The molecule has 1 fully saturated rings. The Labute approximate surface area is 171 Å². The number of benzene rings is 3. The van der Waals surface area contributed by atoms with Gasteiger partial charge in [-0.15, -0.1) is 0 Å². The van der Waals surface area contributed by atoms with E-state index in [2.05, 4.69) is 0 Å². The molecule has 8 nitrogen and oxygen atoms in total. The highest BCUT2D eigenvalue weighted by atomic mass is 16.6. The highest BCUT2D eigenvalue weighted by Gasteiger charge is 2.38. The molecule has 2 aliphatic heterocycles. The van der Waals surface area contributed by atoms with Crippen molar-refractivity contribution >= 4 is 39.6 Å². The average molecular weight is 403 g/mol. The van der Waals surface area contributed by atoms with Crippen LogP contribution < -0.4 is 9.80 Å². The predicted octanol–water partition coefficient (Wildman–Crippen LogP) is 3.85. The lowest BCUT2D eigenvalue weighted by Gasteiger charge is -2.29. The monoisotopic (exact) mass is 403 g/mol. The molecular formula is C22H17N3O5. The van der Waals surface area contributed by atoms with Crippen LogP contribution in [0.1, 0.15) is 33.6 Å². The number of carbonyl (C=O) groups excluding carboxylic acids is 2. The number of amides is 2. The standard InChI is InChI=1S/C22H17N3O5/c26-14-6-3-5-13(11-14)24-21(27)16-8-4-7-15-19(16)17(22(24)28)12-18(25(29)30)20(15)23-9-1-2-10-23/h3-8,11-12,26H,1-2,9-10H2. The Hall–Kier alpha value is -3.94. The Kier molecular flexibility index (Phi) is 3.95. The summed E-state index contributed by atoms with van der Waals surface area (Å²) >= 11 is 0.